The van der Waals surface area contributed by atoms with Gasteiger partial charge in [0.2, 0.25) is 0 Å². The van der Waals surface area contributed by atoms with Crippen LogP contribution in [0.5, 0.6) is 0 Å². The van der Waals surface area contributed by atoms with E-state index in [9.17, 15) is 13.2 Å². The Morgan fingerprint density at radius 3 is 2.46 bits per heavy atom. The lowest BCUT2D eigenvalue weighted by Crippen LogP contribution is -2.29. The molecule has 0 aliphatic rings. The van der Waals surface area contributed by atoms with Crippen LogP contribution in [-0.4, -0.2) is 20.9 Å². The van der Waals surface area contributed by atoms with E-state index in [1.54, 1.807) is 30.3 Å². The van der Waals surface area contributed by atoms with Gasteiger partial charge in [0.25, 0.3) is 15.9 Å². The maximum absolute atomic E-state index is 12.7. The van der Waals surface area contributed by atoms with Crippen LogP contribution in [0.4, 0.5) is 5.69 Å². The third kappa shape index (κ3) is 6.24. The Balaban J connectivity index is 2.14. The third-order valence-electron chi connectivity index (χ3n) is 4.60. The molecule has 0 unspecified atom stereocenters. The van der Waals surface area contributed by atoms with Crippen molar-refractivity contribution in [1.29, 1.82) is 0 Å². The SMILES string of the molecule is CCCC[C@H](CC)CNC(=O)c1ccc(Cl)c(S(=O)(=O)Nc2ccccc2)c1. The van der Waals surface area contributed by atoms with Crippen LogP contribution >= 0.6 is 11.6 Å². The normalized spacial score (nSPS) is 12.4. The molecule has 7 heteroatoms. The van der Waals surface area contributed by atoms with E-state index in [1.165, 1.54) is 18.2 Å². The van der Waals surface area contributed by atoms with E-state index in [-0.39, 0.29) is 21.4 Å². The number of para-hydroxylation sites is 1. The van der Waals surface area contributed by atoms with Crippen LogP contribution in [0.3, 0.4) is 0 Å². The summed E-state index contributed by atoms with van der Waals surface area (Å²) in [5, 5.41) is 2.97. The van der Waals surface area contributed by atoms with Crippen molar-refractivity contribution in [2.75, 3.05) is 11.3 Å². The fourth-order valence-electron chi connectivity index (χ4n) is 2.85. The number of amides is 1. The van der Waals surface area contributed by atoms with Crippen molar-refractivity contribution in [3.05, 3.63) is 59.1 Å². The number of halogens is 1. The largest absolute Gasteiger partial charge is 0.352 e. The van der Waals surface area contributed by atoms with E-state index < -0.39 is 10.0 Å². The molecule has 1 atom stereocenters. The van der Waals surface area contributed by atoms with Gasteiger partial charge in [0, 0.05) is 17.8 Å². The molecule has 2 aromatic carbocycles. The predicted octanol–water partition coefficient (Wildman–Crippen LogP) is 5.09. The molecular formula is C21H27ClN2O3S. The Labute approximate surface area is 172 Å². The Bertz CT molecular complexity index is 886. The molecule has 2 rings (SSSR count). The van der Waals surface area contributed by atoms with Crippen LogP contribution in [0.25, 0.3) is 0 Å². The summed E-state index contributed by atoms with van der Waals surface area (Å²) in [5.74, 6) is 0.113. The molecule has 5 nitrogen and oxygen atoms in total. The topological polar surface area (TPSA) is 75.3 Å². The lowest BCUT2D eigenvalue weighted by molar-refractivity contribution is 0.0945. The number of rotatable bonds is 10. The molecule has 0 bridgehead atoms. The summed E-state index contributed by atoms with van der Waals surface area (Å²) in [6, 6.07) is 12.8. The highest BCUT2D eigenvalue weighted by Crippen LogP contribution is 2.25. The maximum atomic E-state index is 12.7. The van der Waals surface area contributed by atoms with E-state index in [1.807, 2.05) is 0 Å². The number of anilines is 1. The first-order valence-corrected chi connectivity index (χ1v) is 11.4. The van der Waals surface area contributed by atoms with E-state index in [4.69, 9.17) is 11.6 Å². The predicted molar refractivity (Wildman–Crippen MR) is 114 cm³/mol. The number of nitrogens with one attached hydrogen (secondary N) is 2. The summed E-state index contributed by atoms with van der Waals surface area (Å²) in [6.45, 7) is 4.82. The van der Waals surface area contributed by atoms with E-state index >= 15 is 0 Å². The summed E-state index contributed by atoms with van der Waals surface area (Å²) < 4.78 is 27.9. The fourth-order valence-corrected chi connectivity index (χ4v) is 4.43. The molecule has 0 aliphatic carbocycles. The van der Waals surface area contributed by atoms with Crippen molar-refractivity contribution < 1.29 is 13.2 Å². The zero-order chi connectivity index (χ0) is 20.6. The lowest BCUT2D eigenvalue weighted by atomic mass is 9.99. The maximum Gasteiger partial charge on any atom is 0.263 e. The molecule has 0 heterocycles. The second kappa shape index (κ2) is 10.5. The summed E-state index contributed by atoms with van der Waals surface area (Å²) in [7, 11) is -3.91. The van der Waals surface area contributed by atoms with Crippen molar-refractivity contribution >= 4 is 33.2 Å². The minimum atomic E-state index is -3.91. The van der Waals surface area contributed by atoms with Gasteiger partial charge >= 0.3 is 0 Å². The molecule has 0 aliphatic heterocycles. The molecule has 0 radical (unpaired) electrons. The van der Waals surface area contributed by atoms with Crippen LogP contribution in [0.1, 0.15) is 49.9 Å². The average molecular weight is 423 g/mol. The molecule has 0 saturated heterocycles. The average Bonchev–Trinajstić information content (AvgIpc) is 2.68. The molecule has 0 aromatic heterocycles. The standard InChI is InChI=1S/C21H27ClN2O3S/c1-3-5-9-16(4-2)15-23-21(25)17-12-13-19(22)20(14-17)28(26,27)24-18-10-7-6-8-11-18/h6-8,10-14,16,24H,3-5,9,15H2,1-2H3,(H,23,25)/t16-/m0/s1. The van der Waals surface area contributed by atoms with Crippen molar-refractivity contribution in [3.8, 4) is 0 Å². The minimum absolute atomic E-state index is 0.0642. The molecule has 0 spiro atoms. The summed E-state index contributed by atoms with van der Waals surface area (Å²) in [6.07, 6.45) is 4.30. The Kier molecular flexibility index (Phi) is 8.33. The first kappa shape index (κ1) is 22.2. The first-order valence-electron chi connectivity index (χ1n) is 9.53. The van der Waals surface area contributed by atoms with Crippen molar-refractivity contribution in [3.63, 3.8) is 0 Å². The van der Waals surface area contributed by atoms with Gasteiger partial charge in [-0.15, -0.1) is 0 Å². The molecule has 28 heavy (non-hydrogen) atoms. The van der Waals surface area contributed by atoms with E-state index in [0.29, 0.717) is 18.2 Å². The van der Waals surface area contributed by atoms with Crippen LogP contribution in [0.15, 0.2) is 53.4 Å². The van der Waals surface area contributed by atoms with Gasteiger partial charge < -0.3 is 5.32 Å². The Morgan fingerprint density at radius 1 is 1.11 bits per heavy atom. The summed E-state index contributed by atoms with van der Waals surface area (Å²) in [4.78, 5) is 12.4. The van der Waals surface area contributed by atoms with Crippen molar-refractivity contribution in [1.82, 2.24) is 5.32 Å². The number of hydrogen-bond acceptors (Lipinski definition) is 3. The quantitative estimate of drug-likeness (QED) is 0.560. The molecular weight excluding hydrogens is 396 g/mol. The number of sulfonamides is 1. The molecule has 1 amide bonds. The number of hydrogen-bond donors (Lipinski definition) is 2. The van der Waals surface area contributed by atoms with Gasteiger partial charge in [-0.3, -0.25) is 9.52 Å². The van der Waals surface area contributed by atoms with Crippen LogP contribution in [0.2, 0.25) is 5.02 Å². The number of carbonyl (C=O) groups excluding carboxylic acids is 1. The van der Waals surface area contributed by atoms with E-state index in [2.05, 4.69) is 23.9 Å². The zero-order valence-electron chi connectivity index (χ0n) is 16.2. The molecule has 152 valence electrons. The van der Waals surface area contributed by atoms with Gasteiger partial charge in [0.15, 0.2) is 0 Å². The monoisotopic (exact) mass is 422 g/mol. The van der Waals surface area contributed by atoms with Gasteiger partial charge in [-0.05, 0) is 42.7 Å². The molecule has 0 fully saturated rings. The number of unbranched alkanes of at least 4 members (excludes halogenated alkanes) is 1. The van der Waals surface area contributed by atoms with E-state index in [0.717, 1.165) is 25.7 Å². The fraction of sp³-hybridized carbons (Fsp3) is 0.381. The van der Waals surface area contributed by atoms with Crippen molar-refractivity contribution in [2.24, 2.45) is 5.92 Å². The van der Waals surface area contributed by atoms with Crippen LogP contribution in [-0.2, 0) is 10.0 Å². The van der Waals surface area contributed by atoms with Crippen LogP contribution < -0.4 is 10.0 Å². The highest BCUT2D eigenvalue weighted by Gasteiger charge is 2.20. The highest BCUT2D eigenvalue weighted by atomic mass is 35.5. The minimum Gasteiger partial charge on any atom is -0.352 e. The first-order chi connectivity index (χ1) is 13.4. The summed E-state index contributed by atoms with van der Waals surface area (Å²) in [5.41, 5.74) is 0.693. The summed E-state index contributed by atoms with van der Waals surface area (Å²) >= 11 is 6.11. The Hall–Kier alpha value is -2.05. The molecule has 2 N–H and O–H groups in total. The van der Waals surface area contributed by atoms with Crippen LogP contribution in [0, 0.1) is 5.92 Å². The highest BCUT2D eigenvalue weighted by molar-refractivity contribution is 7.92. The van der Waals surface area contributed by atoms with Gasteiger partial charge in [0.1, 0.15) is 4.90 Å². The second-order valence-corrected chi connectivity index (χ2v) is 8.80. The molecule has 2 aromatic rings. The second-order valence-electron chi connectivity index (χ2n) is 6.74. The lowest BCUT2D eigenvalue weighted by Gasteiger charge is -2.16. The van der Waals surface area contributed by atoms with Gasteiger partial charge in [-0.1, -0.05) is 62.9 Å². The van der Waals surface area contributed by atoms with Gasteiger partial charge in [-0.25, -0.2) is 8.42 Å². The van der Waals surface area contributed by atoms with Gasteiger partial charge in [0.05, 0.1) is 5.02 Å². The van der Waals surface area contributed by atoms with Crippen molar-refractivity contribution in [2.45, 2.75) is 44.4 Å². The number of carbonyl (C=O) groups is 1. The smallest absolute Gasteiger partial charge is 0.263 e. The van der Waals surface area contributed by atoms with Gasteiger partial charge in [-0.2, -0.15) is 0 Å². The zero-order valence-corrected chi connectivity index (χ0v) is 17.8. The number of benzene rings is 2. The third-order valence-corrected chi connectivity index (χ3v) is 6.47. The molecule has 0 saturated carbocycles. The Morgan fingerprint density at radius 2 is 1.82 bits per heavy atom.